The lowest BCUT2D eigenvalue weighted by atomic mass is 9.51. The van der Waals surface area contributed by atoms with Gasteiger partial charge >= 0.3 is 0 Å². The maximum absolute atomic E-state index is 11.7. The summed E-state index contributed by atoms with van der Waals surface area (Å²) < 4.78 is 0. The number of hydrogen-bond donors (Lipinski definition) is 0. The molecule has 0 radical (unpaired) electrons. The Morgan fingerprint density at radius 1 is 1.05 bits per heavy atom. The highest BCUT2D eigenvalue weighted by molar-refractivity contribution is 5.91. The molecule has 0 bridgehead atoms. The van der Waals surface area contributed by atoms with Crippen LogP contribution in [0.4, 0.5) is 0 Å². The van der Waals surface area contributed by atoms with Gasteiger partial charge < -0.3 is 0 Å². The summed E-state index contributed by atoms with van der Waals surface area (Å²) in [5, 5.41) is 0. The second-order valence-electron chi connectivity index (χ2n) is 8.33. The third-order valence-electron chi connectivity index (χ3n) is 7.77. The van der Waals surface area contributed by atoms with Crippen molar-refractivity contribution < 1.29 is 4.79 Å². The topological polar surface area (TPSA) is 17.1 Å². The molecule has 0 aromatic carbocycles. The molecule has 20 heavy (non-hydrogen) atoms. The monoisotopic (exact) mass is 272 g/mol. The van der Waals surface area contributed by atoms with Gasteiger partial charge in [0.1, 0.15) is 0 Å². The summed E-state index contributed by atoms with van der Waals surface area (Å²) in [6.45, 7) is 5.08. The molecule has 4 aliphatic carbocycles. The van der Waals surface area contributed by atoms with E-state index in [0.29, 0.717) is 11.2 Å². The van der Waals surface area contributed by atoms with Crippen molar-refractivity contribution in [2.75, 3.05) is 0 Å². The highest BCUT2D eigenvalue weighted by Gasteiger charge is 2.54. The molecule has 0 heterocycles. The molecule has 4 rings (SSSR count). The predicted molar refractivity (Wildman–Crippen MR) is 81.3 cm³/mol. The second-order valence-corrected chi connectivity index (χ2v) is 8.33. The van der Waals surface area contributed by atoms with E-state index < -0.39 is 0 Å². The lowest BCUT2D eigenvalue weighted by molar-refractivity contribution is -0.116. The molecule has 0 saturated heterocycles. The number of fused-ring (bicyclic) bond motifs is 5. The van der Waals surface area contributed by atoms with E-state index in [1.807, 2.05) is 6.08 Å². The van der Waals surface area contributed by atoms with Gasteiger partial charge in [-0.2, -0.15) is 0 Å². The minimum atomic E-state index is 0.393. The minimum Gasteiger partial charge on any atom is -0.295 e. The fourth-order valence-corrected chi connectivity index (χ4v) is 6.44. The van der Waals surface area contributed by atoms with Crippen LogP contribution in [0.2, 0.25) is 0 Å². The molecule has 1 heteroatoms. The molecule has 3 saturated carbocycles. The molecule has 0 amide bonds. The van der Waals surface area contributed by atoms with Gasteiger partial charge in [-0.1, -0.05) is 19.4 Å². The summed E-state index contributed by atoms with van der Waals surface area (Å²) in [6, 6.07) is 0. The Hall–Kier alpha value is -0.590. The first-order valence-corrected chi connectivity index (χ1v) is 8.83. The quantitative estimate of drug-likeness (QED) is 0.621. The Morgan fingerprint density at radius 2 is 1.90 bits per heavy atom. The zero-order valence-corrected chi connectivity index (χ0v) is 13.0. The van der Waals surface area contributed by atoms with E-state index in [4.69, 9.17) is 0 Å². The molecule has 4 aliphatic rings. The van der Waals surface area contributed by atoms with Crippen molar-refractivity contribution in [3.8, 4) is 0 Å². The Kier molecular flexibility index (Phi) is 2.91. The molecule has 0 aromatic rings. The van der Waals surface area contributed by atoms with Crippen LogP contribution in [0, 0.1) is 35.0 Å². The van der Waals surface area contributed by atoms with E-state index in [0.717, 1.165) is 42.4 Å². The first kappa shape index (κ1) is 13.1. The van der Waals surface area contributed by atoms with Gasteiger partial charge in [0.2, 0.25) is 0 Å². The summed E-state index contributed by atoms with van der Waals surface area (Å²) in [5.41, 5.74) is 2.16. The van der Waals surface area contributed by atoms with Crippen LogP contribution in [0.15, 0.2) is 11.6 Å². The van der Waals surface area contributed by atoms with Crippen molar-refractivity contribution in [3.05, 3.63) is 11.6 Å². The second kappa shape index (κ2) is 4.45. The molecule has 5 unspecified atom stereocenters. The van der Waals surface area contributed by atoms with E-state index in [1.165, 1.54) is 44.1 Å². The van der Waals surface area contributed by atoms with E-state index >= 15 is 0 Å². The van der Waals surface area contributed by atoms with Gasteiger partial charge in [0, 0.05) is 6.42 Å². The normalized spacial score (nSPS) is 51.0. The van der Waals surface area contributed by atoms with Crippen LogP contribution in [0.5, 0.6) is 0 Å². The average Bonchev–Trinajstić information content (AvgIpc) is 2.74. The van der Waals surface area contributed by atoms with Crippen LogP contribution in [-0.2, 0) is 4.79 Å². The van der Waals surface area contributed by atoms with Crippen molar-refractivity contribution in [3.63, 3.8) is 0 Å². The first-order chi connectivity index (χ1) is 9.59. The van der Waals surface area contributed by atoms with Crippen LogP contribution in [0.1, 0.15) is 65.2 Å². The molecule has 110 valence electrons. The largest absolute Gasteiger partial charge is 0.295 e. The Morgan fingerprint density at radius 3 is 2.75 bits per heavy atom. The van der Waals surface area contributed by atoms with Gasteiger partial charge in [0.05, 0.1) is 0 Å². The van der Waals surface area contributed by atoms with E-state index in [2.05, 4.69) is 13.8 Å². The van der Waals surface area contributed by atoms with E-state index in [9.17, 15) is 4.79 Å². The third-order valence-corrected chi connectivity index (χ3v) is 7.77. The maximum Gasteiger partial charge on any atom is 0.155 e. The summed E-state index contributed by atoms with van der Waals surface area (Å²) in [4.78, 5) is 11.7. The Labute approximate surface area is 123 Å². The Bertz CT molecular complexity index is 462. The molecule has 0 aliphatic heterocycles. The zero-order chi connectivity index (χ0) is 13.9. The highest BCUT2D eigenvalue weighted by Crippen LogP contribution is 2.63. The predicted octanol–water partition coefficient (Wildman–Crippen LogP) is 4.76. The van der Waals surface area contributed by atoms with E-state index in [1.54, 1.807) is 0 Å². The fourth-order valence-electron chi connectivity index (χ4n) is 6.44. The van der Waals surface area contributed by atoms with Crippen LogP contribution >= 0.6 is 0 Å². The van der Waals surface area contributed by atoms with Gasteiger partial charge in [-0.3, -0.25) is 4.79 Å². The fraction of sp³-hybridized carbons (Fsp3) is 0.842. The van der Waals surface area contributed by atoms with Gasteiger partial charge in [-0.25, -0.2) is 0 Å². The molecule has 1 nitrogen and oxygen atoms in total. The summed E-state index contributed by atoms with van der Waals surface area (Å²) in [7, 11) is 0. The van der Waals surface area contributed by atoms with Crippen molar-refractivity contribution in [1.82, 2.24) is 0 Å². The number of carbonyl (C=O) groups is 1. The summed E-state index contributed by atoms with van der Waals surface area (Å²) in [6.07, 6.45) is 12.4. The number of carbonyl (C=O) groups excluding carboxylic acids is 1. The Balaban J connectivity index is 1.63. The lowest BCUT2D eigenvalue weighted by Crippen LogP contribution is -2.46. The summed E-state index contributed by atoms with van der Waals surface area (Å²) in [5.74, 6) is 4.95. The number of allylic oxidation sites excluding steroid dienone is 1. The smallest absolute Gasteiger partial charge is 0.155 e. The third kappa shape index (κ3) is 1.71. The molecular weight excluding hydrogens is 244 g/mol. The minimum absolute atomic E-state index is 0.393. The SMILES string of the molecule is CC1CCC2C3CCC4=CC(=O)CCC4C3CC[C@]12C. The van der Waals surface area contributed by atoms with Crippen molar-refractivity contribution >= 4 is 5.78 Å². The first-order valence-electron chi connectivity index (χ1n) is 8.83. The summed E-state index contributed by atoms with van der Waals surface area (Å²) >= 11 is 0. The standard InChI is InChI=1S/C19H28O/c1-12-3-8-18-17-6-4-13-11-14(20)5-7-15(13)16(17)9-10-19(12,18)2/h11-12,15-18H,3-10H2,1-2H3/t12?,15?,16?,17?,18?,19-/m1/s1. The van der Waals surface area contributed by atoms with Gasteiger partial charge in [-0.05, 0) is 86.0 Å². The average molecular weight is 272 g/mol. The van der Waals surface area contributed by atoms with Crippen LogP contribution < -0.4 is 0 Å². The molecule has 6 atom stereocenters. The highest BCUT2D eigenvalue weighted by atomic mass is 16.1. The van der Waals surface area contributed by atoms with Crippen LogP contribution in [0.3, 0.4) is 0 Å². The van der Waals surface area contributed by atoms with Crippen LogP contribution in [-0.4, -0.2) is 5.78 Å². The lowest BCUT2D eigenvalue weighted by Gasteiger charge is -2.53. The molecule has 0 aromatic heterocycles. The molecule has 0 N–H and O–H groups in total. The number of ketones is 1. The molecule has 0 spiro atoms. The molecular formula is C19H28O. The number of rotatable bonds is 0. The molecule has 3 fully saturated rings. The number of hydrogen-bond acceptors (Lipinski definition) is 1. The zero-order valence-electron chi connectivity index (χ0n) is 13.0. The van der Waals surface area contributed by atoms with Gasteiger partial charge in [0.25, 0.3) is 0 Å². The maximum atomic E-state index is 11.7. The van der Waals surface area contributed by atoms with Crippen molar-refractivity contribution in [2.24, 2.45) is 35.0 Å². The van der Waals surface area contributed by atoms with Gasteiger partial charge in [-0.15, -0.1) is 0 Å². The van der Waals surface area contributed by atoms with Gasteiger partial charge in [0.15, 0.2) is 5.78 Å². The van der Waals surface area contributed by atoms with E-state index in [-0.39, 0.29) is 0 Å². The van der Waals surface area contributed by atoms with Crippen LogP contribution in [0.25, 0.3) is 0 Å². The van der Waals surface area contributed by atoms with Crippen molar-refractivity contribution in [1.29, 1.82) is 0 Å². The van der Waals surface area contributed by atoms with Crippen molar-refractivity contribution in [2.45, 2.75) is 65.2 Å².